The number of benzene rings is 2. The Morgan fingerprint density at radius 3 is 2.33 bits per heavy atom. The molecule has 3 heterocycles. The zero-order valence-electron chi connectivity index (χ0n) is 18.2. The first kappa shape index (κ1) is 22.1. The van der Waals surface area contributed by atoms with E-state index in [0.29, 0.717) is 5.11 Å². The van der Waals surface area contributed by atoms with Gasteiger partial charge in [0.25, 0.3) is 0 Å². The number of halogens is 2. The first-order valence-corrected chi connectivity index (χ1v) is 12.2. The van der Waals surface area contributed by atoms with Crippen molar-refractivity contribution < 1.29 is 0 Å². The third kappa shape index (κ3) is 4.07. The van der Waals surface area contributed by atoms with Crippen molar-refractivity contribution >= 4 is 50.5 Å². The molecule has 1 aliphatic rings. The molecule has 33 heavy (non-hydrogen) atoms. The maximum atomic E-state index is 6.14. The highest BCUT2D eigenvalue weighted by Crippen LogP contribution is 2.43. The number of thiocarbonyl (C=S) groups is 1. The summed E-state index contributed by atoms with van der Waals surface area (Å²) in [6.45, 7) is 4.29. The van der Waals surface area contributed by atoms with Crippen LogP contribution in [0.4, 0.5) is 5.69 Å². The van der Waals surface area contributed by atoms with Crippen LogP contribution in [-0.4, -0.2) is 14.7 Å². The molecule has 1 fully saturated rings. The number of hydrogen-bond donors (Lipinski definition) is 1. The maximum absolute atomic E-state index is 6.14. The summed E-state index contributed by atoms with van der Waals surface area (Å²) in [7, 11) is 0. The highest BCUT2D eigenvalue weighted by Gasteiger charge is 2.42. The Bertz CT molecular complexity index is 1300. The van der Waals surface area contributed by atoms with Gasteiger partial charge in [0.05, 0.1) is 17.8 Å². The molecule has 0 spiro atoms. The minimum absolute atomic E-state index is 0.0548. The van der Waals surface area contributed by atoms with E-state index in [1.807, 2.05) is 54.7 Å². The van der Waals surface area contributed by atoms with Gasteiger partial charge in [0.15, 0.2) is 5.11 Å². The average Bonchev–Trinajstić information content (AvgIpc) is 3.31. The Balaban J connectivity index is 1.67. The predicted molar refractivity (Wildman–Crippen MR) is 142 cm³/mol. The van der Waals surface area contributed by atoms with Crippen molar-refractivity contribution in [2.45, 2.75) is 25.9 Å². The van der Waals surface area contributed by atoms with Gasteiger partial charge in [-0.05, 0) is 98.4 Å². The summed E-state index contributed by atoms with van der Waals surface area (Å²) in [5.41, 5.74) is 6.59. The minimum atomic E-state index is -0.0819. The summed E-state index contributed by atoms with van der Waals surface area (Å²) < 4.78 is 3.30. The Morgan fingerprint density at radius 1 is 0.970 bits per heavy atom. The normalized spacial score (nSPS) is 17.9. The van der Waals surface area contributed by atoms with Gasteiger partial charge in [-0.25, -0.2) is 0 Å². The number of anilines is 1. The number of nitrogens with one attached hydrogen (secondary N) is 1. The van der Waals surface area contributed by atoms with E-state index in [-0.39, 0.29) is 12.1 Å². The van der Waals surface area contributed by atoms with Gasteiger partial charge in [0.1, 0.15) is 0 Å². The number of aryl methyl sites for hydroxylation is 1. The molecule has 1 N–H and O–H groups in total. The van der Waals surface area contributed by atoms with Crippen LogP contribution in [0.5, 0.6) is 0 Å². The van der Waals surface area contributed by atoms with Gasteiger partial charge < -0.3 is 14.8 Å². The van der Waals surface area contributed by atoms with Gasteiger partial charge in [0.2, 0.25) is 0 Å². The van der Waals surface area contributed by atoms with E-state index in [2.05, 4.69) is 73.8 Å². The fourth-order valence-corrected chi connectivity index (χ4v) is 5.36. The molecule has 1 saturated heterocycles. The summed E-state index contributed by atoms with van der Waals surface area (Å²) in [5, 5.41) is 4.96. The van der Waals surface area contributed by atoms with Crippen LogP contribution >= 0.6 is 39.7 Å². The van der Waals surface area contributed by atoms with E-state index in [1.165, 1.54) is 5.56 Å². The Labute approximate surface area is 212 Å². The van der Waals surface area contributed by atoms with Gasteiger partial charge in [-0.1, -0.05) is 33.6 Å². The van der Waals surface area contributed by atoms with Crippen molar-refractivity contribution in [1.29, 1.82) is 0 Å². The lowest BCUT2D eigenvalue weighted by molar-refractivity contribution is 0.565. The molecular formula is C26H22BrClN4S. The summed E-state index contributed by atoms with van der Waals surface area (Å²) in [5.74, 6) is 0. The lowest BCUT2D eigenvalue weighted by Crippen LogP contribution is -2.29. The third-order valence-electron chi connectivity index (χ3n) is 6.08. The lowest BCUT2D eigenvalue weighted by Gasteiger charge is -2.28. The largest absolute Gasteiger partial charge is 0.351 e. The summed E-state index contributed by atoms with van der Waals surface area (Å²) in [6.07, 6.45) is 1.83. The first-order valence-electron chi connectivity index (χ1n) is 10.6. The van der Waals surface area contributed by atoms with Gasteiger partial charge in [0, 0.05) is 38.5 Å². The third-order valence-corrected chi connectivity index (χ3v) is 7.17. The standard InChI is InChI=1S/C26H22BrClN4S/c1-16-15-22(17(2)31(16)20-12-8-19(28)9-13-20)25-24(23-5-3-4-14-29-23)30-26(33)32(25)21-10-6-18(27)7-11-21/h3-15,24-25H,1-2H3,(H,30,33)/t24-,25-/m1/s1. The van der Waals surface area contributed by atoms with E-state index in [1.54, 1.807) is 0 Å². The second-order valence-electron chi connectivity index (χ2n) is 8.11. The van der Waals surface area contributed by atoms with E-state index < -0.39 is 0 Å². The van der Waals surface area contributed by atoms with Crippen LogP contribution in [0.25, 0.3) is 5.69 Å². The molecule has 4 aromatic rings. The van der Waals surface area contributed by atoms with Crippen molar-refractivity contribution in [2.75, 3.05) is 4.90 Å². The average molecular weight is 538 g/mol. The van der Waals surface area contributed by atoms with E-state index in [0.717, 1.165) is 38.0 Å². The minimum Gasteiger partial charge on any atom is -0.351 e. The number of pyridine rings is 1. The second kappa shape index (κ2) is 8.93. The monoisotopic (exact) mass is 536 g/mol. The van der Waals surface area contributed by atoms with Crippen LogP contribution in [0.3, 0.4) is 0 Å². The summed E-state index contributed by atoms with van der Waals surface area (Å²) in [6, 6.07) is 24.3. The number of rotatable bonds is 4. The molecule has 0 saturated carbocycles. The van der Waals surface area contributed by atoms with Crippen LogP contribution in [0.15, 0.2) is 83.5 Å². The van der Waals surface area contributed by atoms with E-state index >= 15 is 0 Å². The second-order valence-corrected chi connectivity index (χ2v) is 9.85. The molecule has 5 rings (SSSR count). The summed E-state index contributed by atoms with van der Waals surface area (Å²) >= 11 is 15.5. The van der Waals surface area contributed by atoms with Crippen LogP contribution in [0.2, 0.25) is 5.02 Å². The molecular weight excluding hydrogens is 516 g/mol. The van der Waals surface area contributed by atoms with Gasteiger partial charge in [-0.15, -0.1) is 0 Å². The molecule has 166 valence electrons. The van der Waals surface area contributed by atoms with Crippen molar-refractivity contribution in [2.24, 2.45) is 0 Å². The van der Waals surface area contributed by atoms with Crippen molar-refractivity contribution in [3.63, 3.8) is 0 Å². The highest BCUT2D eigenvalue weighted by atomic mass is 79.9. The van der Waals surface area contributed by atoms with Gasteiger partial charge in [-0.3, -0.25) is 4.98 Å². The van der Waals surface area contributed by atoms with Crippen molar-refractivity contribution in [3.8, 4) is 5.69 Å². The molecule has 2 atom stereocenters. The molecule has 2 aromatic heterocycles. The highest BCUT2D eigenvalue weighted by molar-refractivity contribution is 9.10. The van der Waals surface area contributed by atoms with Crippen LogP contribution < -0.4 is 10.2 Å². The van der Waals surface area contributed by atoms with Gasteiger partial charge in [-0.2, -0.15) is 0 Å². The van der Waals surface area contributed by atoms with Gasteiger partial charge >= 0.3 is 0 Å². The lowest BCUT2D eigenvalue weighted by atomic mass is 9.96. The molecule has 0 radical (unpaired) electrons. The Hall–Kier alpha value is -2.67. The fraction of sp³-hybridized carbons (Fsp3) is 0.154. The fourth-order valence-electron chi connectivity index (χ4n) is 4.63. The maximum Gasteiger partial charge on any atom is 0.174 e. The van der Waals surface area contributed by atoms with Crippen LogP contribution in [-0.2, 0) is 0 Å². The van der Waals surface area contributed by atoms with Crippen molar-refractivity contribution in [3.05, 3.63) is 111 Å². The Kier molecular flexibility index (Phi) is 5.99. The molecule has 0 amide bonds. The first-order chi connectivity index (χ1) is 15.9. The smallest absolute Gasteiger partial charge is 0.174 e. The zero-order valence-corrected chi connectivity index (χ0v) is 21.3. The molecule has 0 bridgehead atoms. The molecule has 0 aliphatic carbocycles. The topological polar surface area (TPSA) is 33.1 Å². The molecule has 7 heteroatoms. The van der Waals surface area contributed by atoms with E-state index in [9.17, 15) is 0 Å². The quantitative estimate of drug-likeness (QED) is 0.282. The molecule has 2 aromatic carbocycles. The van der Waals surface area contributed by atoms with Crippen molar-refractivity contribution in [1.82, 2.24) is 14.9 Å². The number of aromatic nitrogens is 2. The molecule has 4 nitrogen and oxygen atoms in total. The number of nitrogens with zero attached hydrogens (tertiary/aromatic N) is 3. The molecule has 0 unspecified atom stereocenters. The zero-order chi connectivity index (χ0) is 23.1. The van der Waals surface area contributed by atoms with E-state index in [4.69, 9.17) is 23.8 Å². The van der Waals surface area contributed by atoms with Crippen LogP contribution in [0, 0.1) is 13.8 Å². The number of hydrogen-bond acceptors (Lipinski definition) is 2. The Morgan fingerprint density at radius 2 is 1.67 bits per heavy atom. The van der Waals surface area contributed by atoms with Crippen LogP contribution in [0.1, 0.15) is 34.7 Å². The summed E-state index contributed by atoms with van der Waals surface area (Å²) in [4.78, 5) is 6.87. The predicted octanol–water partition coefficient (Wildman–Crippen LogP) is 7.08. The molecule has 1 aliphatic heterocycles. The SMILES string of the molecule is Cc1cc([C@@H]2[C@@H](c3ccccn3)NC(=S)N2c2ccc(Br)cc2)c(C)n1-c1ccc(Cl)cc1.